The van der Waals surface area contributed by atoms with Crippen LogP contribution in [0.25, 0.3) is 0 Å². The highest BCUT2D eigenvalue weighted by Gasteiger charge is 2.20. The van der Waals surface area contributed by atoms with Crippen LogP contribution in [0.4, 0.5) is 5.95 Å². The van der Waals surface area contributed by atoms with Crippen molar-refractivity contribution in [2.75, 3.05) is 31.6 Å². The minimum Gasteiger partial charge on any atom is -0.342 e. The monoisotopic (exact) mass is 298 g/mol. The lowest BCUT2D eigenvalue weighted by atomic mass is 10.4. The second-order valence-electron chi connectivity index (χ2n) is 4.11. The number of likely N-dealkylation sites (N-methyl/N-ethyl adjacent to an activating group) is 1. The Morgan fingerprint density at radius 2 is 2.18 bits per heavy atom. The summed E-state index contributed by atoms with van der Waals surface area (Å²) in [7, 11) is 1.93. The molecule has 1 aliphatic rings. The standard InChI is InChI=1S/C11H15BrN4O/c1-15(11-13-7-9(12)8-14-11)5-6-16-4-2-3-10(16)17/h7-8H,2-6H2,1H3. The topological polar surface area (TPSA) is 49.3 Å². The molecule has 1 aromatic heterocycles. The summed E-state index contributed by atoms with van der Waals surface area (Å²) in [5, 5.41) is 0. The third-order valence-corrected chi connectivity index (χ3v) is 3.23. The molecule has 0 radical (unpaired) electrons. The number of hydrogen-bond acceptors (Lipinski definition) is 4. The smallest absolute Gasteiger partial charge is 0.225 e. The Hall–Kier alpha value is -1.17. The number of likely N-dealkylation sites (tertiary alicyclic amines) is 1. The number of aromatic nitrogens is 2. The van der Waals surface area contributed by atoms with Gasteiger partial charge >= 0.3 is 0 Å². The summed E-state index contributed by atoms with van der Waals surface area (Å²) in [4.78, 5) is 23.7. The van der Waals surface area contributed by atoms with Crippen molar-refractivity contribution in [3.8, 4) is 0 Å². The highest BCUT2D eigenvalue weighted by atomic mass is 79.9. The predicted octanol–water partition coefficient (Wildman–Crippen LogP) is 1.30. The molecule has 92 valence electrons. The molecule has 0 spiro atoms. The number of rotatable bonds is 4. The van der Waals surface area contributed by atoms with E-state index in [9.17, 15) is 4.79 Å². The van der Waals surface area contributed by atoms with Gasteiger partial charge in [0.25, 0.3) is 0 Å². The molecule has 2 heterocycles. The fraction of sp³-hybridized carbons (Fsp3) is 0.545. The zero-order chi connectivity index (χ0) is 12.3. The van der Waals surface area contributed by atoms with Crippen molar-refractivity contribution < 1.29 is 4.79 Å². The van der Waals surface area contributed by atoms with Gasteiger partial charge in [-0.2, -0.15) is 0 Å². The lowest BCUT2D eigenvalue weighted by molar-refractivity contribution is -0.127. The third kappa shape index (κ3) is 3.15. The van der Waals surface area contributed by atoms with E-state index < -0.39 is 0 Å². The summed E-state index contributed by atoms with van der Waals surface area (Å²) >= 11 is 3.30. The van der Waals surface area contributed by atoms with Crippen LogP contribution >= 0.6 is 15.9 Å². The maximum atomic E-state index is 11.4. The first kappa shape index (κ1) is 12.3. The van der Waals surface area contributed by atoms with Crippen LogP contribution in [0, 0.1) is 0 Å². The summed E-state index contributed by atoms with van der Waals surface area (Å²) in [6.45, 7) is 2.38. The molecule has 0 N–H and O–H groups in total. The lowest BCUT2D eigenvalue weighted by Gasteiger charge is -2.21. The first-order chi connectivity index (χ1) is 8.16. The molecule has 0 aliphatic carbocycles. The Morgan fingerprint density at radius 3 is 2.76 bits per heavy atom. The van der Waals surface area contributed by atoms with Gasteiger partial charge in [0.1, 0.15) is 0 Å². The summed E-state index contributed by atoms with van der Waals surface area (Å²) in [6, 6.07) is 0. The zero-order valence-corrected chi connectivity index (χ0v) is 11.4. The average molecular weight is 299 g/mol. The number of amides is 1. The normalized spacial score (nSPS) is 15.4. The van der Waals surface area contributed by atoms with Crippen LogP contribution in [-0.4, -0.2) is 47.5 Å². The zero-order valence-electron chi connectivity index (χ0n) is 9.77. The molecule has 1 saturated heterocycles. The highest BCUT2D eigenvalue weighted by molar-refractivity contribution is 9.10. The molecule has 5 nitrogen and oxygen atoms in total. The van der Waals surface area contributed by atoms with Crippen LogP contribution in [0.5, 0.6) is 0 Å². The van der Waals surface area contributed by atoms with Gasteiger partial charge in [-0.15, -0.1) is 0 Å². The SMILES string of the molecule is CN(CCN1CCCC1=O)c1ncc(Br)cn1. The van der Waals surface area contributed by atoms with E-state index in [0.717, 1.165) is 30.5 Å². The number of anilines is 1. The van der Waals surface area contributed by atoms with Gasteiger partial charge in [0.15, 0.2) is 0 Å². The van der Waals surface area contributed by atoms with Gasteiger partial charge in [-0.25, -0.2) is 9.97 Å². The highest BCUT2D eigenvalue weighted by Crippen LogP contribution is 2.11. The predicted molar refractivity (Wildman–Crippen MR) is 68.8 cm³/mol. The molecule has 6 heteroatoms. The molecule has 1 amide bonds. The van der Waals surface area contributed by atoms with Gasteiger partial charge in [-0.3, -0.25) is 4.79 Å². The van der Waals surface area contributed by atoms with E-state index in [2.05, 4.69) is 25.9 Å². The number of halogens is 1. The number of carbonyl (C=O) groups is 1. The van der Waals surface area contributed by atoms with Gasteiger partial charge < -0.3 is 9.80 Å². The summed E-state index contributed by atoms with van der Waals surface area (Å²) < 4.78 is 0.865. The molecular weight excluding hydrogens is 284 g/mol. The van der Waals surface area contributed by atoms with Crippen LogP contribution < -0.4 is 4.90 Å². The number of hydrogen-bond donors (Lipinski definition) is 0. The van der Waals surface area contributed by atoms with Crippen molar-refractivity contribution in [3.63, 3.8) is 0 Å². The fourth-order valence-corrected chi connectivity index (χ4v) is 2.02. The van der Waals surface area contributed by atoms with Gasteiger partial charge in [0.05, 0.1) is 4.47 Å². The van der Waals surface area contributed by atoms with Crippen LogP contribution in [0.1, 0.15) is 12.8 Å². The Labute approximate surface area is 109 Å². The first-order valence-corrected chi connectivity index (χ1v) is 6.42. The molecular formula is C11H15BrN4O. The van der Waals surface area contributed by atoms with E-state index >= 15 is 0 Å². The summed E-state index contributed by atoms with van der Waals surface area (Å²) in [6.07, 6.45) is 5.12. The van der Waals surface area contributed by atoms with Gasteiger partial charge in [-0.05, 0) is 22.4 Å². The van der Waals surface area contributed by atoms with E-state index in [1.807, 2.05) is 16.8 Å². The van der Waals surface area contributed by atoms with E-state index in [-0.39, 0.29) is 5.91 Å². The summed E-state index contributed by atoms with van der Waals surface area (Å²) in [5.41, 5.74) is 0. The van der Waals surface area contributed by atoms with Crippen LogP contribution in [-0.2, 0) is 4.79 Å². The van der Waals surface area contributed by atoms with Crippen LogP contribution in [0.3, 0.4) is 0 Å². The Morgan fingerprint density at radius 1 is 1.47 bits per heavy atom. The van der Waals surface area contributed by atoms with E-state index in [1.165, 1.54) is 0 Å². The lowest BCUT2D eigenvalue weighted by Crippen LogP contribution is -2.34. The molecule has 0 bridgehead atoms. The maximum Gasteiger partial charge on any atom is 0.225 e. The van der Waals surface area contributed by atoms with Crippen molar-refractivity contribution in [1.29, 1.82) is 0 Å². The minimum absolute atomic E-state index is 0.259. The molecule has 1 aliphatic heterocycles. The van der Waals surface area contributed by atoms with Gasteiger partial charge in [-0.1, -0.05) is 0 Å². The summed E-state index contributed by atoms with van der Waals surface area (Å²) in [5.74, 6) is 0.940. The number of nitrogens with zero attached hydrogens (tertiary/aromatic N) is 4. The van der Waals surface area contributed by atoms with Crippen molar-refractivity contribution in [1.82, 2.24) is 14.9 Å². The average Bonchev–Trinajstić information content (AvgIpc) is 2.73. The second-order valence-corrected chi connectivity index (χ2v) is 5.02. The van der Waals surface area contributed by atoms with E-state index in [1.54, 1.807) is 12.4 Å². The molecule has 2 rings (SSSR count). The Kier molecular flexibility index (Phi) is 3.93. The largest absolute Gasteiger partial charge is 0.342 e. The fourth-order valence-electron chi connectivity index (χ4n) is 1.81. The molecule has 1 fully saturated rings. The van der Waals surface area contributed by atoms with Crippen molar-refractivity contribution in [2.45, 2.75) is 12.8 Å². The maximum absolute atomic E-state index is 11.4. The van der Waals surface area contributed by atoms with Crippen molar-refractivity contribution in [3.05, 3.63) is 16.9 Å². The minimum atomic E-state index is 0.259. The third-order valence-electron chi connectivity index (χ3n) is 2.82. The van der Waals surface area contributed by atoms with Gasteiger partial charge in [0, 0.05) is 45.5 Å². The van der Waals surface area contributed by atoms with Crippen LogP contribution in [0.2, 0.25) is 0 Å². The second kappa shape index (κ2) is 5.44. The number of carbonyl (C=O) groups excluding carboxylic acids is 1. The van der Waals surface area contributed by atoms with Crippen molar-refractivity contribution >= 4 is 27.8 Å². The Balaban J connectivity index is 1.86. The van der Waals surface area contributed by atoms with Gasteiger partial charge in [0.2, 0.25) is 11.9 Å². The molecule has 0 atom stereocenters. The first-order valence-electron chi connectivity index (χ1n) is 5.63. The molecule has 0 aromatic carbocycles. The molecule has 17 heavy (non-hydrogen) atoms. The molecule has 0 saturated carbocycles. The van der Waals surface area contributed by atoms with Crippen LogP contribution in [0.15, 0.2) is 16.9 Å². The Bertz CT molecular complexity index is 395. The van der Waals surface area contributed by atoms with E-state index in [4.69, 9.17) is 0 Å². The molecule has 0 unspecified atom stereocenters. The quantitative estimate of drug-likeness (QED) is 0.841. The van der Waals surface area contributed by atoms with E-state index in [0.29, 0.717) is 12.4 Å². The van der Waals surface area contributed by atoms with Crippen molar-refractivity contribution in [2.24, 2.45) is 0 Å². The molecule has 1 aromatic rings.